The number of aromatic nitrogens is 1. The smallest absolute Gasteiger partial charge is 0.225 e. The van der Waals surface area contributed by atoms with Gasteiger partial charge in [0.25, 0.3) is 0 Å². The van der Waals surface area contributed by atoms with E-state index in [2.05, 4.69) is 4.98 Å². The number of ether oxygens (including phenoxy) is 1. The normalized spacial score (nSPS) is 23.6. The number of amides is 1. The number of rotatable bonds is 4. The molecule has 1 amide bonds. The number of hydrogen-bond donors (Lipinski definition) is 0. The summed E-state index contributed by atoms with van der Waals surface area (Å²) in [7, 11) is 0. The van der Waals surface area contributed by atoms with Crippen molar-refractivity contribution in [1.82, 2.24) is 9.88 Å². The Labute approximate surface area is 130 Å². The van der Waals surface area contributed by atoms with Crippen molar-refractivity contribution >= 4 is 17.7 Å². The van der Waals surface area contributed by atoms with E-state index in [-0.39, 0.29) is 16.6 Å². The summed E-state index contributed by atoms with van der Waals surface area (Å²) < 4.78 is 6.25. The first kappa shape index (κ1) is 14.9. The van der Waals surface area contributed by atoms with Crippen LogP contribution in [0.4, 0.5) is 0 Å². The predicted octanol–water partition coefficient (Wildman–Crippen LogP) is 2.34. The molecule has 2 fully saturated rings. The topological polar surface area (TPSA) is 42.4 Å². The molecule has 1 aromatic rings. The maximum atomic E-state index is 11.9. The Bertz CT molecular complexity index is 500. The molecule has 1 atom stereocenters. The molecule has 114 valence electrons. The summed E-state index contributed by atoms with van der Waals surface area (Å²) in [6, 6.07) is 3.97. The van der Waals surface area contributed by atoms with Gasteiger partial charge in [-0.2, -0.15) is 0 Å². The second-order valence-corrected chi connectivity index (χ2v) is 7.83. The summed E-state index contributed by atoms with van der Waals surface area (Å²) in [6.45, 7) is 6.34. The molecule has 0 bridgehead atoms. The van der Waals surface area contributed by atoms with Crippen LogP contribution < -0.4 is 0 Å². The molecule has 5 heteroatoms. The minimum absolute atomic E-state index is 0.103. The highest BCUT2D eigenvalue weighted by molar-refractivity contribution is 8.01. The summed E-state index contributed by atoms with van der Waals surface area (Å²) >= 11 is 1.97. The molecule has 0 N–H and O–H groups in total. The van der Waals surface area contributed by atoms with Crippen molar-refractivity contribution < 1.29 is 9.53 Å². The van der Waals surface area contributed by atoms with Gasteiger partial charge in [-0.3, -0.25) is 9.78 Å². The minimum Gasteiger partial charge on any atom is -0.373 e. The van der Waals surface area contributed by atoms with Crippen LogP contribution in [0.3, 0.4) is 0 Å². The number of likely N-dealkylation sites (tertiary alicyclic amines) is 1. The van der Waals surface area contributed by atoms with Gasteiger partial charge in [0.2, 0.25) is 5.91 Å². The first-order chi connectivity index (χ1) is 10.1. The van der Waals surface area contributed by atoms with E-state index in [1.54, 1.807) is 6.20 Å². The molecule has 0 radical (unpaired) electrons. The van der Waals surface area contributed by atoms with Gasteiger partial charge in [-0.15, -0.1) is 11.8 Å². The summed E-state index contributed by atoms with van der Waals surface area (Å²) in [6.07, 6.45) is 4.98. The van der Waals surface area contributed by atoms with Gasteiger partial charge in [-0.25, -0.2) is 0 Å². The number of carbonyl (C=O) groups is 1. The van der Waals surface area contributed by atoms with Crippen LogP contribution in [0, 0.1) is 5.92 Å². The van der Waals surface area contributed by atoms with E-state index in [1.165, 1.54) is 0 Å². The number of thioether (sulfide) groups is 1. The Morgan fingerprint density at radius 2 is 2.38 bits per heavy atom. The second-order valence-electron chi connectivity index (χ2n) is 6.34. The van der Waals surface area contributed by atoms with Crippen LogP contribution in [0.5, 0.6) is 0 Å². The third-order valence-corrected chi connectivity index (χ3v) is 5.72. The SMILES string of the molecule is CC(C)C(=O)N1CC2(CC(OCc3cccnc3)CS2)C1. The Balaban J connectivity index is 1.46. The third-order valence-electron chi connectivity index (χ3n) is 4.15. The Morgan fingerprint density at radius 1 is 1.57 bits per heavy atom. The van der Waals surface area contributed by atoms with Crippen molar-refractivity contribution in [2.45, 2.75) is 37.7 Å². The molecule has 4 nitrogen and oxygen atoms in total. The number of hydrogen-bond acceptors (Lipinski definition) is 4. The van der Waals surface area contributed by atoms with Gasteiger partial charge in [0.1, 0.15) is 0 Å². The van der Waals surface area contributed by atoms with Crippen molar-refractivity contribution in [3.05, 3.63) is 30.1 Å². The minimum atomic E-state index is 0.103. The van der Waals surface area contributed by atoms with Gasteiger partial charge in [0.05, 0.1) is 17.5 Å². The summed E-state index contributed by atoms with van der Waals surface area (Å²) in [4.78, 5) is 18.0. The zero-order chi connectivity index (χ0) is 14.9. The first-order valence-electron chi connectivity index (χ1n) is 7.51. The lowest BCUT2D eigenvalue weighted by molar-refractivity contribution is -0.140. The van der Waals surface area contributed by atoms with Crippen molar-refractivity contribution in [3.63, 3.8) is 0 Å². The Hall–Kier alpha value is -1.07. The fourth-order valence-corrected chi connectivity index (χ4v) is 4.55. The predicted molar refractivity (Wildman–Crippen MR) is 84.0 cm³/mol. The average Bonchev–Trinajstić information content (AvgIpc) is 2.88. The summed E-state index contributed by atoms with van der Waals surface area (Å²) in [5.74, 6) is 1.41. The number of nitrogens with zero attached hydrogens (tertiary/aromatic N) is 2. The molecule has 0 saturated carbocycles. The van der Waals surface area contributed by atoms with Gasteiger partial charge < -0.3 is 9.64 Å². The molecule has 2 aliphatic heterocycles. The molecule has 1 aromatic heterocycles. The van der Waals surface area contributed by atoms with Gasteiger partial charge in [-0.05, 0) is 18.1 Å². The van der Waals surface area contributed by atoms with E-state index in [0.29, 0.717) is 12.7 Å². The highest BCUT2D eigenvalue weighted by Gasteiger charge is 2.51. The molecule has 0 aliphatic carbocycles. The van der Waals surface area contributed by atoms with E-state index >= 15 is 0 Å². The standard InChI is InChI=1S/C16H22N2O2S/c1-12(2)15(19)18-10-16(11-18)6-14(9-21-16)20-8-13-4-3-5-17-7-13/h3-5,7,12,14H,6,8-11H2,1-2H3. The zero-order valence-corrected chi connectivity index (χ0v) is 13.4. The summed E-state index contributed by atoms with van der Waals surface area (Å²) in [5, 5.41) is 0. The monoisotopic (exact) mass is 306 g/mol. The van der Waals surface area contributed by atoms with E-state index < -0.39 is 0 Å². The van der Waals surface area contributed by atoms with Crippen LogP contribution in [0.25, 0.3) is 0 Å². The van der Waals surface area contributed by atoms with Crippen molar-refractivity contribution in [3.8, 4) is 0 Å². The lowest BCUT2D eigenvalue weighted by Gasteiger charge is -2.48. The van der Waals surface area contributed by atoms with Crippen LogP contribution in [-0.2, 0) is 16.1 Å². The van der Waals surface area contributed by atoms with Crippen LogP contribution in [-0.4, -0.2) is 45.5 Å². The molecular formula is C16H22N2O2S. The largest absolute Gasteiger partial charge is 0.373 e. The summed E-state index contributed by atoms with van der Waals surface area (Å²) in [5.41, 5.74) is 1.12. The van der Waals surface area contributed by atoms with Gasteiger partial charge >= 0.3 is 0 Å². The van der Waals surface area contributed by atoms with E-state index in [4.69, 9.17) is 4.74 Å². The average molecular weight is 306 g/mol. The van der Waals surface area contributed by atoms with E-state index in [1.807, 2.05) is 48.8 Å². The zero-order valence-electron chi connectivity index (χ0n) is 12.6. The van der Waals surface area contributed by atoms with Gasteiger partial charge in [0.15, 0.2) is 0 Å². The van der Waals surface area contributed by atoms with Crippen molar-refractivity contribution in [1.29, 1.82) is 0 Å². The molecule has 1 spiro atoms. The molecule has 3 rings (SSSR count). The molecule has 2 saturated heterocycles. The number of carbonyl (C=O) groups excluding carboxylic acids is 1. The second kappa shape index (κ2) is 5.97. The third kappa shape index (κ3) is 3.24. The van der Waals surface area contributed by atoms with E-state index in [9.17, 15) is 4.79 Å². The Morgan fingerprint density at radius 3 is 3.05 bits per heavy atom. The lowest BCUT2D eigenvalue weighted by atomic mass is 9.92. The van der Waals surface area contributed by atoms with Gasteiger partial charge in [0, 0.05) is 37.2 Å². The van der Waals surface area contributed by atoms with E-state index in [0.717, 1.165) is 30.8 Å². The van der Waals surface area contributed by atoms with Crippen LogP contribution in [0.15, 0.2) is 24.5 Å². The van der Waals surface area contributed by atoms with Gasteiger partial charge in [-0.1, -0.05) is 19.9 Å². The Kier molecular flexibility index (Phi) is 4.22. The molecule has 1 unspecified atom stereocenters. The quantitative estimate of drug-likeness (QED) is 0.856. The number of pyridine rings is 1. The molecule has 0 aromatic carbocycles. The molecule has 3 heterocycles. The fraction of sp³-hybridized carbons (Fsp3) is 0.625. The van der Waals surface area contributed by atoms with Crippen LogP contribution >= 0.6 is 11.8 Å². The maximum Gasteiger partial charge on any atom is 0.225 e. The van der Waals surface area contributed by atoms with Crippen LogP contribution in [0.1, 0.15) is 25.8 Å². The first-order valence-corrected chi connectivity index (χ1v) is 8.50. The van der Waals surface area contributed by atoms with Crippen molar-refractivity contribution in [2.75, 3.05) is 18.8 Å². The molecule has 21 heavy (non-hydrogen) atoms. The highest BCUT2D eigenvalue weighted by atomic mass is 32.2. The maximum absolute atomic E-state index is 11.9. The molecular weight excluding hydrogens is 284 g/mol. The van der Waals surface area contributed by atoms with Crippen LogP contribution in [0.2, 0.25) is 0 Å². The van der Waals surface area contributed by atoms with Crippen molar-refractivity contribution in [2.24, 2.45) is 5.92 Å². The lowest BCUT2D eigenvalue weighted by Crippen LogP contribution is -2.61. The fourth-order valence-electron chi connectivity index (χ4n) is 3.00. The highest BCUT2D eigenvalue weighted by Crippen LogP contribution is 2.46. The molecule has 2 aliphatic rings.